The molecule has 2 aromatic carbocycles. The summed E-state index contributed by atoms with van der Waals surface area (Å²) >= 11 is 0. The SMILES string of the molecule is Cc1ccccc1NS(=O)(=O)c1ccc2[nH]cc(C(=O)N[C@@H]3CCC[C@@H](C)[C@H]3C)c(=O)c2c1. The molecule has 1 saturated carbocycles. The molecule has 0 radical (unpaired) electrons. The third-order valence-electron chi connectivity index (χ3n) is 6.82. The van der Waals surface area contributed by atoms with Crippen molar-refractivity contribution in [2.75, 3.05) is 4.72 Å². The normalized spacial score (nSPS) is 21.0. The van der Waals surface area contributed by atoms with Crippen LogP contribution >= 0.6 is 0 Å². The Kier molecular flexibility index (Phi) is 6.30. The zero-order valence-corrected chi connectivity index (χ0v) is 19.8. The first-order chi connectivity index (χ1) is 15.7. The molecule has 0 saturated heterocycles. The second kappa shape index (κ2) is 9.02. The number of hydrogen-bond acceptors (Lipinski definition) is 4. The lowest BCUT2D eigenvalue weighted by Crippen LogP contribution is -2.44. The second-order valence-electron chi connectivity index (χ2n) is 9.01. The van der Waals surface area contributed by atoms with Crippen LogP contribution in [0.15, 0.2) is 58.4 Å². The Hall–Kier alpha value is -3.13. The van der Waals surface area contributed by atoms with Crippen LogP contribution in [0.25, 0.3) is 10.9 Å². The van der Waals surface area contributed by atoms with Gasteiger partial charge in [-0.3, -0.25) is 14.3 Å². The molecule has 7 nitrogen and oxygen atoms in total. The Morgan fingerprint density at radius 3 is 2.61 bits per heavy atom. The highest BCUT2D eigenvalue weighted by Gasteiger charge is 2.29. The molecular weight excluding hydrogens is 438 g/mol. The van der Waals surface area contributed by atoms with Crippen molar-refractivity contribution in [3.8, 4) is 0 Å². The van der Waals surface area contributed by atoms with Crippen LogP contribution in [0.1, 0.15) is 49.0 Å². The van der Waals surface area contributed by atoms with E-state index in [9.17, 15) is 18.0 Å². The Morgan fingerprint density at radius 2 is 1.85 bits per heavy atom. The molecule has 3 N–H and O–H groups in total. The van der Waals surface area contributed by atoms with Crippen molar-refractivity contribution in [2.24, 2.45) is 11.8 Å². The third kappa shape index (κ3) is 4.66. The number of hydrogen-bond donors (Lipinski definition) is 3. The van der Waals surface area contributed by atoms with Gasteiger partial charge in [0, 0.05) is 23.1 Å². The lowest BCUT2D eigenvalue weighted by Gasteiger charge is -2.34. The van der Waals surface area contributed by atoms with Crippen LogP contribution in [0.3, 0.4) is 0 Å². The Bertz CT molecular complexity index is 1360. The monoisotopic (exact) mass is 467 g/mol. The number of H-pyrrole nitrogens is 1. The van der Waals surface area contributed by atoms with E-state index in [4.69, 9.17) is 0 Å². The molecule has 0 spiro atoms. The number of carbonyl (C=O) groups is 1. The summed E-state index contributed by atoms with van der Waals surface area (Å²) in [5.74, 6) is 0.398. The van der Waals surface area contributed by atoms with E-state index in [1.54, 1.807) is 12.1 Å². The van der Waals surface area contributed by atoms with E-state index in [2.05, 4.69) is 28.9 Å². The molecule has 0 unspecified atom stereocenters. The standard InChI is InChI=1S/C25H29N3O4S/c1-15-8-6-10-22(17(15)3)27-25(30)20-14-26-23-12-11-18(13-19(23)24(20)29)33(31,32)28-21-9-5-4-7-16(21)2/h4-5,7,9,11-15,17,22,28H,6,8,10H2,1-3H3,(H,26,29)(H,27,30)/t15-,17-,22-/m1/s1. The predicted octanol–water partition coefficient (Wildman–Crippen LogP) is 4.19. The molecule has 3 atom stereocenters. The number of aryl methyl sites for hydroxylation is 1. The van der Waals surface area contributed by atoms with Gasteiger partial charge >= 0.3 is 0 Å². The number of fused-ring (bicyclic) bond motifs is 1. The Labute approximate surface area is 193 Å². The van der Waals surface area contributed by atoms with Crippen LogP contribution in [0.4, 0.5) is 5.69 Å². The molecule has 33 heavy (non-hydrogen) atoms. The van der Waals surface area contributed by atoms with Gasteiger partial charge in [0.25, 0.3) is 15.9 Å². The van der Waals surface area contributed by atoms with Crippen LogP contribution in [0.5, 0.6) is 0 Å². The van der Waals surface area contributed by atoms with Crippen molar-refractivity contribution in [3.05, 3.63) is 70.0 Å². The minimum atomic E-state index is -3.92. The highest BCUT2D eigenvalue weighted by atomic mass is 32.2. The molecule has 0 aliphatic heterocycles. The molecule has 1 aliphatic carbocycles. The molecule has 1 fully saturated rings. The Balaban J connectivity index is 1.65. The number of benzene rings is 2. The average molecular weight is 468 g/mol. The molecular formula is C25H29N3O4S. The van der Waals surface area contributed by atoms with Crippen LogP contribution < -0.4 is 15.5 Å². The van der Waals surface area contributed by atoms with Crippen LogP contribution in [-0.4, -0.2) is 25.4 Å². The topological polar surface area (TPSA) is 108 Å². The maximum absolute atomic E-state index is 13.2. The van der Waals surface area contributed by atoms with Crippen LogP contribution in [0, 0.1) is 18.8 Å². The Morgan fingerprint density at radius 1 is 1.09 bits per heavy atom. The number of anilines is 1. The number of carbonyl (C=O) groups excluding carboxylic acids is 1. The minimum absolute atomic E-state index is 0.0152. The van der Waals surface area contributed by atoms with E-state index in [1.165, 1.54) is 24.4 Å². The highest BCUT2D eigenvalue weighted by molar-refractivity contribution is 7.92. The first-order valence-corrected chi connectivity index (χ1v) is 12.7. The predicted molar refractivity (Wildman–Crippen MR) is 130 cm³/mol. The van der Waals surface area contributed by atoms with Crippen molar-refractivity contribution >= 4 is 32.5 Å². The summed E-state index contributed by atoms with van der Waals surface area (Å²) in [5, 5.41) is 3.17. The van der Waals surface area contributed by atoms with E-state index in [0.29, 0.717) is 23.0 Å². The fourth-order valence-electron chi connectivity index (χ4n) is 4.46. The number of aromatic amines is 1. The number of pyridine rings is 1. The van der Waals surface area contributed by atoms with Crippen LogP contribution in [-0.2, 0) is 10.0 Å². The van der Waals surface area contributed by atoms with Gasteiger partial charge in [0.1, 0.15) is 5.56 Å². The smallest absolute Gasteiger partial charge is 0.261 e. The van der Waals surface area contributed by atoms with Gasteiger partial charge in [-0.2, -0.15) is 0 Å². The van der Waals surface area contributed by atoms with Crippen molar-refractivity contribution in [1.29, 1.82) is 0 Å². The summed E-state index contributed by atoms with van der Waals surface area (Å²) in [6, 6.07) is 11.4. The highest BCUT2D eigenvalue weighted by Crippen LogP contribution is 2.29. The minimum Gasteiger partial charge on any atom is -0.360 e. The third-order valence-corrected chi connectivity index (χ3v) is 8.18. The number of amides is 1. The number of sulfonamides is 1. The first-order valence-electron chi connectivity index (χ1n) is 11.2. The molecule has 174 valence electrons. The summed E-state index contributed by atoms with van der Waals surface area (Å²) in [6.07, 6.45) is 4.46. The van der Waals surface area contributed by atoms with Crippen molar-refractivity contribution in [3.63, 3.8) is 0 Å². The lowest BCUT2D eigenvalue weighted by atomic mass is 9.78. The van der Waals surface area contributed by atoms with E-state index >= 15 is 0 Å². The fraction of sp³-hybridized carbons (Fsp3) is 0.360. The van der Waals surface area contributed by atoms with Gasteiger partial charge in [0.2, 0.25) is 5.43 Å². The number of para-hydroxylation sites is 1. The maximum atomic E-state index is 13.2. The van der Waals surface area contributed by atoms with Crippen LogP contribution in [0.2, 0.25) is 0 Å². The molecule has 4 rings (SSSR count). The van der Waals surface area contributed by atoms with Gasteiger partial charge in [-0.05, 0) is 55.0 Å². The summed E-state index contributed by atoms with van der Waals surface area (Å²) in [5.41, 5.74) is 1.20. The molecule has 3 aromatic rings. The van der Waals surface area contributed by atoms with Gasteiger partial charge in [-0.1, -0.05) is 44.9 Å². The molecule has 1 aromatic heterocycles. The van der Waals surface area contributed by atoms with Gasteiger partial charge in [0.05, 0.1) is 10.6 Å². The largest absolute Gasteiger partial charge is 0.360 e. The molecule has 0 bridgehead atoms. The van der Waals surface area contributed by atoms with E-state index in [1.807, 2.05) is 19.1 Å². The number of nitrogens with one attached hydrogen (secondary N) is 3. The summed E-state index contributed by atoms with van der Waals surface area (Å²) in [6.45, 7) is 6.11. The van der Waals surface area contributed by atoms with E-state index in [-0.39, 0.29) is 21.9 Å². The molecule has 1 amide bonds. The summed E-state index contributed by atoms with van der Waals surface area (Å²) in [7, 11) is -3.92. The molecule has 8 heteroatoms. The second-order valence-corrected chi connectivity index (χ2v) is 10.7. The zero-order valence-electron chi connectivity index (χ0n) is 19.0. The number of aromatic nitrogens is 1. The van der Waals surface area contributed by atoms with E-state index in [0.717, 1.165) is 24.8 Å². The molecule has 1 heterocycles. The molecule has 1 aliphatic rings. The van der Waals surface area contributed by atoms with Crippen molar-refractivity contribution in [1.82, 2.24) is 10.3 Å². The first kappa shape index (κ1) is 23.0. The zero-order chi connectivity index (χ0) is 23.8. The summed E-state index contributed by atoms with van der Waals surface area (Å²) < 4.78 is 28.5. The average Bonchev–Trinajstić information content (AvgIpc) is 2.78. The lowest BCUT2D eigenvalue weighted by molar-refractivity contribution is 0.0890. The van der Waals surface area contributed by atoms with Gasteiger partial charge in [0.15, 0.2) is 0 Å². The van der Waals surface area contributed by atoms with Crippen molar-refractivity contribution in [2.45, 2.75) is 51.0 Å². The number of rotatable bonds is 5. The quantitative estimate of drug-likeness (QED) is 0.523. The van der Waals surface area contributed by atoms with Crippen molar-refractivity contribution < 1.29 is 13.2 Å². The van der Waals surface area contributed by atoms with Gasteiger partial charge in [-0.25, -0.2) is 8.42 Å². The van der Waals surface area contributed by atoms with Gasteiger partial charge < -0.3 is 10.3 Å². The fourth-order valence-corrected chi connectivity index (χ4v) is 5.61. The summed E-state index contributed by atoms with van der Waals surface area (Å²) in [4.78, 5) is 29.0. The maximum Gasteiger partial charge on any atom is 0.261 e. The van der Waals surface area contributed by atoms with Gasteiger partial charge in [-0.15, -0.1) is 0 Å². The van der Waals surface area contributed by atoms with E-state index < -0.39 is 21.4 Å².